The van der Waals surface area contributed by atoms with Gasteiger partial charge in [0.1, 0.15) is 12.7 Å². The summed E-state index contributed by atoms with van der Waals surface area (Å²) in [5, 5.41) is 9.57. The monoisotopic (exact) mass is 178 g/mol. The van der Waals surface area contributed by atoms with Crippen LogP contribution >= 0.6 is 0 Å². The van der Waals surface area contributed by atoms with Gasteiger partial charge in [-0.1, -0.05) is 0 Å². The van der Waals surface area contributed by atoms with Gasteiger partial charge in [0.05, 0.1) is 6.61 Å². The molecule has 4 nitrogen and oxygen atoms in total. The van der Waals surface area contributed by atoms with Gasteiger partial charge in [-0.2, -0.15) is 0 Å². The molecule has 0 amide bonds. The molecule has 1 radical (unpaired) electrons. The van der Waals surface area contributed by atoms with E-state index in [1.807, 2.05) is 0 Å². The molecule has 1 aliphatic heterocycles. The molecule has 5 heteroatoms. The van der Waals surface area contributed by atoms with E-state index in [1.54, 1.807) is 0 Å². The quantitative estimate of drug-likeness (QED) is 0.317. The molecule has 1 unspecified atom stereocenters. The van der Waals surface area contributed by atoms with Crippen LogP contribution in [0.2, 0.25) is 6.04 Å². The molecule has 3 N–H and O–H groups in total. The van der Waals surface area contributed by atoms with Crippen LogP contribution in [0.3, 0.4) is 0 Å². The van der Waals surface area contributed by atoms with Crippen molar-refractivity contribution in [3.8, 4) is 0 Å². The van der Waals surface area contributed by atoms with Crippen molar-refractivity contribution in [2.75, 3.05) is 19.8 Å². The predicted octanol–water partition coefficient (Wildman–Crippen LogP) is -1.35. The second-order valence-corrected chi connectivity index (χ2v) is 3.50. The maximum Gasteiger partial charge on any atom is 0.156 e. The Morgan fingerprint density at radius 1 is 1.73 bits per heavy atom. The first-order valence-corrected chi connectivity index (χ1v) is 5.49. The normalized spacial score (nSPS) is 21.5. The summed E-state index contributed by atoms with van der Waals surface area (Å²) in [7, 11) is -0.677. The third-order valence-electron chi connectivity index (χ3n) is 1.20. The van der Waals surface area contributed by atoms with Crippen molar-refractivity contribution < 1.29 is 14.6 Å². The maximum atomic E-state index is 9.57. The second-order valence-electron chi connectivity index (χ2n) is 2.34. The molecule has 1 atom stereocenters. The Labute approximate surface area is 69.3 Å². The molecule has 1 heterocycles. The highest BCUT2D eigenvalue weighted by Gasteiger charge is 2.20. The van der Waals surface area contributed by atoms with Gasteiger partial charge in [0, 0.05) is 0 Å². The van der Waals surface area contributed by atoms with Crippen molar-refractivity contribution in [1.82, 2.24) is 0 Å². The first kappa shape index (κ1) is 11.1. The maximum absolute atomic E-state index is 9.57. The molecule has 1 fully saturated rings. The van der Waals surface area contributed by atoms with E-state index in [-0.39, 0.29) is 12.7 Å². The van der Waals surface area contributed by atoms with Crippen LogP contribution < -0.4 is 5.73 Å². The van der Waals surface area contributed by atoms with Crippen LogP contribution in [0.5, 0.6) is 0 Å². The van der Waals surface area contributed by atoms with Gasteiger partial charge in [0.25, 0.3) is 0 Å². The van der Waals surface area contributed by atoms with Gasteiger partial charge in [-0.3, -0.25) is 0 Å². The lowest BCUT2D eigenvalue weighted by atomic mass is 10.5. The molecule has 1 aliphatic rings. The zero-order valence-corrected chi connectivity index (χ0v) is 8.08. The Morgan fingerprint density at radius 2 is 2.36 bits per heavy atom. The summed E-state index contributed by atoms with van der Waals surface area (Å²) in [6.45, 7) is 1.37. The summed E-state index contributed by atoms with van der Waals surface area (Å²) in [5.74, 6) is 0. The van der Waals surface area contributed by atoms with Gasteiger partial charge in [0.15, 0.2) is 9.76 Å². The third kappa shape index (κ3) is 10.1. The van der Waals surface area contributed by atoms with Crippen molar-refractivity contribution in [1.29, 1.82) is 0 Å². The van der Waals surface area contributed by atoms with E-state index < -0.39 is 9.76 Å². The van der Waals surface area contributed by atoms with Gasteiger partial charge in [-0.25, -0.2) is 5.11 Å². The highest BCUT2D eigenvalue weighted by atomic mass is 28.2. The smallest absolute Gasteiger partial charge is 0.156 e. The SMILES string of the molecule is NCCC[SiH2]O.[O]CC1CO1. The summed E-state index contributed by atoms with van der Waals surface area (Å²) in [6, 6.07) is 0.983. The minimum atomic E-state index is -0.677. The van der Waals surface area contributed by atoms with E-state index >= 15 is 0 Å². The molecule has 0 bridgehead atoms. The van der Waals surface area contributed by atoms with Crippen LogP contribution in [-0.2, 0) is 9.84 Å². The van der Waals surface area contributed by atoms with Crippen molar-refractivity contribution >= 4 is 9.76 Å². The molecule has 0 aliphatic carbocycles. The van der Waals surface area contributed by atoms with Gasteiger partial charge < -0.3 is 15.3 Å². The van der Waals surface area contributed by atoms with Crippen molar-refractivity contribution in [2.45, 2.75) is 18.6 Å². The first-order valence-electron chi connectivity index (χ1n) is 3.85. The van der Waals surface area contributed by atoms with Crippen molar-refractivity contribution in [3.63, 3.8) is 0 Å². The van der Waals surface area contributed by atoms with Crippen molar-refractivity contribution in [2.24, 2.45) is 5.73 Å². The standard InChI is InChI=1S/C3H11NOSi.C3H5O2/c4-2-1-3-6-5;4-1-3-2-5-3/h5H,1-4,6H2;3H,1-2H2. The van der Waals surface area contributed by atoms with Crippen LogP contribution in [0.1, 0.15) is 6.42 Å². The predicted molar refractivity (Wildman–Crippen MR) is 44.5 cm³/mol. The topological polar surface area (TPSA) is 78.7 Å². The Kier molecular flexibility index (Phi) is 8.20. The molecule has 0 aromatic carbocycles. The number of hydrogen-bond donors (Lipinski definition) is 2. The fraction of sp³-hybridized carbons (Fsp3) is 1.00. The van der Waals surface area contributed by atoms with Crippen LogP contribution in [0.4, 0.5) is 0 Å². The van der Waals surface area contributed by atoms with Crippen LogP contribution in [0.25, 0.3) is 0 Å². The Bertz CT molecular complexity index is 76.2. The summed E-state index contributed by atoms with van der Waals surface area (Å²) in [4.78, 5) is 8.28. The summed E-state index contributed by atoms with van der Waals surface area (Å²) < 4.78 is 4.55. The minimum absolute atomic E-state index is 0.0556. The number of rotatable bonds is 4. The Morgan fingerprint density at radius 3 is 2.45 bits per heavy atom. The average molecular weight is 178 g/mol. The molecule has 0 aromatic rings. The van der Waals surface area contributed by atoms with Gasteiger partial charge in [-0.15, -0.1) is 0 Å². The molecule has 1 saturated heterocycles. The zero-order valence-electron chi connectivity index (χ0n) is 6.66. The largest absolute Gasteiger partial charge is 0.438 e. The highest BCUT2D eigenvalue weighted by Crippen LogP contribution is 2.05. The Hall–Kier alpha value is 0.0569. The molecular weight excluding hydrogens is 162 g/mol. The number of nitrogens with two attached hydrogens (primary N) is 1. The van der Waals surface area contributed by atoms with Crippen LogP contribution in [-0.4, -0.2) is 40.4 Å². The van der Waals surface area contributed by atoms with Gasteiger partial charge >= 0.3 is 0 Å². The fourth-order valence-corrected chi connectivity index (χ4v) is 0.933. The fourth-order valence-electron chi connectivity index (χ4n) is 0.420. The number of ether oxygens (including phenoxy) is 1. The Balaban J connectivity index is 0.000000183. The molecule has 0 spiro atoms. The number of epoxide rings is 1. The second kappa shape index (κ2) is 8.16. The van der Waals surface area contributed by atoms with E-state index in [1.165, 1.54) is 0 Å². The van der Waals surface area contributed by atoms with Crippen LogP contribution in [0, 0.1) is 0 Å². The van der Waals surface area contributed by atoms with E-state index in [4.69, 9.17) is 10.5 Å². The first-order chi connectivity index (χ1) is 5.35. The lowest BCUT2D eigenvalue weighted by Gasteiger charge is -1.85. The van der Waals surface area contributed by atoms with Gasteiger partial charge in [0.2, 0.25) is 0 Å². The molecule has 0 aromatic heterocycles. The minimum Gasteiger partial charge on any atom is -0.438 e. The summed E-state index contributed by atoms with van der Waals surface area (Å²) in [5.41, 5.74) is 5.13. The summed E-state index contributed by atoms with van der Waals surface area (Å²) in [6.07, 6.45) is 1.08. The molecule has 67 valence electrons. The number of hydrogen-bond acceptors (Lipinski definition) is 3. The lowest BCUT2D eigenvalue weighted by molar-refractivity contribution is 0.164. The van der Waals surface area contributed by atoms with E-state index in [0.717, 1.165) is 19.0 Å². The molecular formula is C6H16NO3Si. The van der Waals surface area contributed by atoms with E-state index in [2.05, 4.69) is 4.74 Å². The third-order valence-corrected chi connectivity index (χ3v) is 2.02. The molecule has 1 rings (SSSR count). The van der Waals surface area contributed by atoms with E-state index in [9.17, 15) is 5.11 Å². The van der Waals surface area contributed by atoms with Gasteiger partial charge in [-0.05, 0) is 19.0 Å². The molecule has 11 heavy (non-hydrogen) atoms. The lowest BCUT2D eigenvalue weighted by Crippen LogP contribution is -1.99. The van der Waals surface area contributed by atoms with Crippen molar-refractivity contribution in [3.05, 3.63) is 0 Å². The highest BCUT2D eigenvalue weighted by molar-refractivity contribution is 6.25. The molecule has 0 saturated carbocycles. The van der Waals surface area contributed by atoms with E-state index in [0.29, 0.717) is 6.61 Å². The summed E-state index contributed by atoms with van der Waals surface area (Å²) >= 11 is 0. The zero-order chi connectivity index (χ0) is 8.53. The van der Waals surface area contributed by atoms with Crippen LogP contribution in [0.15, 0.2) is 0 Å². The average Bonchev–Trinajstić information content (AvgIpc) is 2.84.